The molecule has 0 spiro atoms. The number of ether oxygens (including phenoxy) is 2. The number of aromatic nitrogens is 4. The van der Waals surface area contributed by atoms with Gasteiger partial charge in [0, 0.05) is 30.5 Å². The van der Waals surface area contributed by atoms with Crippen LogP contribution in [0.5, 0.6) is 11.8 Å². The van der Waals surface area contributed by atoms with E-state index >= 15 is 0 Å². The molecule has 32 heavy (non-hydrogen) atoms. The van der Waals surface area contributed by atoms with E-state index in [0.717, 1.165) is 37.6 Å². The molecule has 0 unspecified atom stereocenters. The van der Waals surface area contributed by atoms with Crippen molar-refractivity contribution in [2.75, 3.05) is 31.2 Å². The van der Waals surface area contributed by atoms with Gasteiger partial charge in [0.1, 0.15) is 5.75 Å². The highest BCUT2D eigenvalue weighted by atomic mass is 35.5. The lowest BCUT2D eigenvalue weighted by molar-refractivity contribution is 0.0696. The first-order valence-corrected chi connectivity index (χ1v) is 10.3. The van der Waals surface area contributed by atoms with Gasteiger partial charge in [0.15, 0.2) is 5.65 Å². The van der Waals surface area contributed by atoms with Crippen molar-refractivity contribution >= 4 is 34.4 Å². The van der Waals surface area contributed by atoms with Crippen LogP contribution in [0.4, 0.5) is 5.69 Å². The topological polar surface area (TPSA) is 113 Å². The van der Waals surface area contributed by atoms with Crippen LogP contribution in [0.15, 0.2) is 48.8 Å². The monoisotopic (exact) mass is 451 g/mol. The van der Waals surface area contributed by atoms with E-state index in [1.807, 2.05) is 24.3 Å². The number of carbonyl (C=O) groups is 1. The van der Waals surface area contributed by atoms with Crippen molar-refractivity contribution in [1.82, 2.24) is 19.9 Å². The Morgan fingerprint density at radius 2 is 1.91 bits per heavy atom. The van der Waals surface area contributed by atoms with Crippen LogP contribution in [-0.4, -0.2) is 57.3 Å². The summed E-state index contributed by atoms with van der Waals surface area (Å²) >= 11 is 6.50. The van der Waals surface area contributed by atoms with Crippen molar-refractivity contribution in [3.05, 3.63) is 59.4 Å². The number of benzene rings is 1. The lowest BCUT2D eigenvalue weighted by Gasteiger charge is -2.28. The maximum atomic E-state index is 11.1. The third kappa shape index (κ3) is 4.08. The lowest BCUT2D eigenvalue weighted by Crippen LogP contribution is -2.36. The van der Waals surface area contributed by atoms with E-state index in [1.54, 1.807) is 6.07 Å². The number of nitrogens with zero attached hydrogens (tertiary/aromatic N) is 4. The first-order valence-electron chi connectivity index (χ1n) is 9.92. The van der Waals surface area contributed by atoms with Gasteiger partial charge in [0.05, 0.1) is 41.2 Å². The number of hydrogen-bond acceptors (Lipinski definition) is 7. The molecule has 4 aromatic rings. The van der Waals surface area contributed by atoms with E-state index in [4.69, 9.17) is 26.2 Å². The number of morpholine rings is 1. The fraction of sp³-hybridized carbons (Fsp3) is 0.182. The molecule has 0 saturated carbocycles. The summed E-state index contributed by atoms with van der Waals surface area (Å²) in [5.41, 5.74) is 3.66. The van der Waals surface area contributed by atoms with Gasteiger partial charge in [0.2, 0.25) is 0 Å². The van der Waals surface area contributed by atoms with Gasteiger partial charge in [-0.3, -0.25) is 4.98 Å². The van der Waals surface area contributed by atoms with Crippen molar-refractivity contribution in [3.63, 3.8) is 0 Å². The molecule has 1 aliphatic rings. The Bertz CT molecular complexity index is 1290. The Morgan fingerprint density at radius 3 is 2.66 bits per heavy atom. The maximum Gasteiger partial charge on any atom is 0.337 e. The molecule has 0 amide bonds. The Labute approximate surface area is 187 Å². The average molecular weight is 452 g/mol. The molecule has 1 saturated heterocycles. The van der Waals surface area contributed by atoms with Crippen LogP contribution in [0, 0.1) is 0 Å². The largest absolute Gasteiger partial charge is 0.478 e. The number of carboxylic acid groups (broad SMARTS) is 1. The summed E-state index contributed by atoms with van der Waals surface area (Å²) in [6, 6.07) is 11.3. The maximum absolute atomic E-state index is 11.1. The number of pyridine rings is 2. The van der Waals surface area contributed by atoms with Gasteiger partial charge >= 0.3 is 12.0 Å². The highest BCUT2D eigenvalue weighted by Gasteiger charge is 2.15. The first kappa shape index (κ1) is 20.2. The van der Waals surface area contributed by atoms with Crippen LogP contribution in [0.1, 0.15) is 10.4 Å². The summed E-state index contributed by atoms with van der Waals surface area (Å²) in [7, 11) is 0. The molecule has 0 aliphatic carbocycles. The van der Waals surface area contributed by atoms with Gasteiger partial charge in [-0.05, 0) is 24.3 Å². The van der Waals surface area contributed by atoms with E-state index in [-0.39, 0.29) is 17.3 Å². The van der Waals surface area contributed by atoms with Gasteiger partial charge in [-0.25, -0.2) is 9.78 Å². The zero-order valence-electron chi connectivity index (χ0n) is 16.8. The van der Waals surface area contributed by atoms with Gasteiger partial charge < -0.3 is 24.5 Å². The van der Waals surface area contributed by atoms with E-state index in [2.05, 4.69) is 24.8 Å². The molecule has 162 valence electrons. The third-order valence-corrected chi connectivity index (χ3v) is 5.38. The number of carboxylic acids is 1. The minimum Gasteiger partial charge on any atom is -0.478 e. The minimum atomic E-state index is -1.09. The number of nitrogens with one attached hydrogen (secondary N) is 1. The summed E-state index contributed by atoms with van der Waals surface area (Å²) in [4.78, 5) is 29.2. The molecule has 1 aliphatic heterocycles. The summed E-state index contributed by atoms with van der Waals surface area (Å²) in [6.45, 7) is 3.19. The highest BCUT2D eigenvalue weighted by molar-refractivity contribution is 6.33. The molecule has 1 aromatic carbocycles. The summed E-state index contributed by atoms with van der Waals surface area (Å²) in [5.74, 6) is -0.848. The number of hydrogen-bond donors (Lipinski definition) is 2. The van der Waals surface area contributed by atoms with Crippen LogP contribution < -0.4 is 9.64 Å². The number of H-pyrrole nitrogens is 1. The van der Waals surface area contributed by atoms with E-state index < -0.39 is 5.97 Å². The molecule has 0 atom stereocenters. The second kappa shape index (κ2) is 8.45. The molecular formula is C22H18ClN5O4. The molecule has 3 aromatic heterocycles. The van der Waals surface area contributed by atoms with Gasteiger partial charge in [-0.1, -0.05) is 23.7 Å². The number of aromatic amines is 1. The molecule has 2 N–H and O–H groups in total. The van der Waals surface area contributed by atoms with Gasteiger partial charge in [0.25, 0.3) is 0 Å². The zero-order chi connectivity index (χ0) is 22.1. The van der Waals surface area contributed by atoms with Crippen molar-refractivity contribution < 1.29 is 19.4 Å². The van der Waals surface area contributed by atoms with Crippen molar-refractivity contribution in [2.24, 2.45) is 0 Å². The third-order valence-electron chi connectivity index (χ3n) is 5.10. The van der Waals surface area contributed by atoms with Crippen LogP contribution >= 0.6 is 11.6 Å². The van der Waals surface area contributed by atoms with Crippen LogP contribution in [0.25, 0.3) is 22.4 Å². The van der Waals surface area contributed by atoms with E-state index in [1.165, 1.54) is 18.5 Å². The minimum absolute atomic E-state index is 0.0163. The fourth-order valence-electron chi connectivity index (χ4n) is 3.50. The normalized spacial score (nSPS) is 14.0. The number of aromatic carboxylic acids is 1. The molecule has 10 heteroatoms. The quantitative estimate of drug-likeness (QED) is 0.468. The Hall–Kier alpha value is -3.69. The van der Waals surface area contributed by atoms with Crippen LogP contribution in [0.3, 0.4) is 0 Å². The van der Waals surface area contributed by atoms with Crippen molar-refractivity contribution in [3.8, 4) is 23.0 Å². The van der Waals surface area contributed by atoms with Gasteiger partial charge in [-0.2, -0.15) is 4.98 Å². The highest BCUT2D eigenvalue weighted by Crippen LogP contribution is 2.31. The zero-order valence-corrected chi connectivity index (χ0v) is 17.5. The number of fused-ring (bicyclic) bond motifs is 1. The second-order valence-electron chi connectivity index (χ2n) is 7.19. The average Bonchev–Trinajstić information content (AvgIpc) is 3.20. The first-order chi connectivity index (χ1) is 15.6. The Kier molecular flexibility index (Phi) is 5.34. The molecule has 4 heterocycles. The SMILES string of the molecule is O=C(O)c1cncc(Oc2nc3nc(-c4ccc(N5CCOCC5)cc4)c(Cl)cc3[nH]2)c1. The molecule has 5 rings (SSSR count). The van der Waals surface area contributed by atoms with Crippen molar-refractivity contribution in [2.45, 2.75) is 0 Å². The predicted molar refractivity (Wildman–Crippen MR) is 119 cm³/mol. The molecule has 9 nitrogen and oxygen atoms in total. The Balaban J connectivity index is 1.41. The van der Waals surface area contributed by atoms with Crippen molar-refractivity contribution in [1.29, 1.82) is 0 Å². The fourth-order valence-corrected chi connectivity index (χ4v) is 3.76. The molecule has 1 fully saturated rings. The summed E-state index contributed by atoms with van der Waals surface area (Å²) in [6.07, 6.45) is 2.65. The number of rotatable bonds is 5. The Morgan fingerprint density at radius 1 is 1.12 bits per heavy atom. The van der Waals surface area contributed by atoms with E-state index in [0.29, 0.717) is 21.9 Å². The second-order valence-corrected chi connectivity index (χ2v) is 7.60. The lowest BCUT2D eigenvalue weighted by atomic mass is 10.1. The predicted octanol–water partition coefficient (Wildman–Crippen LogP) is 4.00. The number of anilines is 1. The van der Waals surface area contributed by atoms with E-state index in [9.17, 15) is 4.79 Å². The summed E-state index contributed by atoms with van der Waals surface area (Å²) < 4.78 is 11.0. The molecule has 0 radical (unpaired) electrons. The summed E-state index contributed by atoms with van der Waals surface area (Å²) in [5, 5.41) is 9.57. The van der Waals surface area contributed by atoms with Crippen LogP contribution in [-0.2, 0) is 4.74 Å². The number of halogens is 1. The standard InChI is InChI=1S/C22H18ClN5O4/c23-17-10-18-20(27-22(25-18)32-16-9-14(21(29)30)11-24-12-16)26-19(17)13-1-3-15(4-2-13)28-5-7-31-8-6-28/h1-4,9-12H,5-8H2,(H,29,30)(H,25,26,27). The van der Waals surface area contributed by atoms with Crippen LogP contribution in [0.2, 0.25) is 5.02 Å². The number of imidazole rings is 1. The molecule has 0 bridgehead atoms. The van der Waals surface area contributed by atoms with Gasteiger partial charge in [-0.15, -0.1) is 0 Å². The molecular weight excluding hydrogens is 434 g/mol. The smallest absolute Gasteiger partial charge is 0.337 e.